The summed E-state index contributed by atoms with van der Waals surface area (Å²) in [6, 6.07) is 10.8. The summed E-state index contributed by atoms with van der Waals surface area (Å²) in [5.74, 6) is 0.238. The number of fused-ring (bicyclic) bond motifs is 1. The van der Waals surface area contributed by atoms with Crippen molar-refractivity contribution >= 4 is 5.91 Å². The standard InChI is InChI=1S/C15H20N2O/c18-15-14-8-4-5-9-17(14)11-13(16-15)10-12-6-2-1-3-7-12/h1-3,6-7,13-14H,4-5,8-11H2,(H,16,18)/t13-,14+/m1/s1. The van der Waals surface area contributed by atoms with Gasteiger partial charge >= 0.3 is 0 Å². The topological polar surface area (TPSA) is 32.3 Å². The largest absolute Gasteiger partial charge is 0.350 e. The Morgan fingerprint density at radius 1 is 1.22 bits per heavy atom. The third-order valence-electron chi connectivity index (χ3n) is 4.04. The van der Waals surface area contributed by atoms with Crippen LogP contribution in [0.1, 0.15) is 24.8 Å². The summed E-state index contributed by atoms with van der Waals surface area (Å²) in [5, 5.41) is 3.18. The van der Waals surface area contributed by atoms with Crippen LogP contribution < -0.4 is 5.32 Å². The minimum atomic E-state index is 0.144. The summed E-state index contributed by atoms with van der Waals surface area (Å²) >= 11 is 0. The molecule has 3 heteroatoms. The van der Waals surface area contributed by atoms with Gasteiger partial charge in [-0.3, -0.25) is 9.69 Å². The van der Waals surface area contributed by atoms with Crippen LogP contribution in [0.5, 0.6) is 0 Å². The van der Waals surface area contributed by atoms with Gasteiger partial charge in [0.1, 0.15) is 0 Å². The first kappa shape index (κ1) is 11.7. The molecule has 0 aromatic heterocycles. The first-order chi connectivity index (χ1) is 8.83. The quantitative estimate of drug-likeness (QED) is 0.856. The van der Waals surface area contributed by atoms with Crippen molar-refractivity contribution in [3.05, 3.63) is 35.9 Å². The molecule has 0 radical (unpaired) electrons. The van der Waals surface area contributed by atoms with Crippen molar-refractivity contribution in [2.75, 3.05) is 13.1 Å². The maximum atomic E-state index is 12.1. The van der Waals surface area contributed by atoms with Gasteiger partial charge < -0.3 is 5.32 Å². The van der Waals surface area contributed by atoms with E-state index < -0.39 is 0 Å². The SMILES string of the molecule is O=C1N[C@H](Cc2ccccc2)CN2CCCC[C@@H]12. The molecular weight excluding hydrogens is 224 g/mol. The van der Waals surface area contributed by atoms with Gasteiger partial charge in [0.05, 0.1) is 6.04 Å². The van der Waals surface area contributed by atoms with E-state index in [2.05, 4.69) is 34.5 Å². The van der Waals surface area contributed by atoms with Gasteiger partial charge in [-0.25, -0.2) is 0 Å². The number of piperidine rings is 1. The average molecular weight is 244 g/mol. The Bertz CT molecular complexity index is 418. The number of hydrogen-bond acceptors (Lipinski definition) is 2. The highest BCUT2D eigenvalue weighted by molar-refractivity contribution is 5.83. The molecule has 3 nitrogen and oxygen atoms in total. The van der Waals surface area contributed by atoms with Gasteiger partial charge in [-0.15, -0.1) is 0 Å². The first-order valence-corrected chi connectivity index (χ1v) is 6.91. The second-order valence-corrected chi connectivity index (χ2v) is 5.40. The molecule has 2 heterocycles. The number of amides is 1. The van der Waals surface area contributed by atoms with E-state index in [9.17, 15) is 4.79 Å². The Balaban J connectivity index is 1.66. The van der Waals surface area contributed by atoms with Gasteiger partial charge in [0.2, 0.25) is 5.91 Å². The monoisotopic (exact) mass is 244 g/mol. The fourth-order valence-electron chi connectivity index (χ4n) is 3.15. The molecule has 2 fully saturated rings. The van der Waals surface area contributed by atoms with Gasteiger partial charge in [-0.2, -0.15) is 0 Å². The number of benzene rings is 1. The van der Waals surface area contributed by atoms with Crippen molar-refractivity contribution in [2.24, 2.45) is 0 Å². The van der Waals surface area contributed by atoms with E-state index in [0.29, 0.717) is 0 Å². The number of carbonyl (C=O) groups is 1. The van der Waals surface area contributed by atoms with Crippen molar-refractivity contribution in [1.82, 2.24) is 10.2 Å². The Labute approximate surface area is 108 Å². The molecule has 0 bridgehead atoms. The van der Waals surface area contributed by atoms with Crippen LogP contribution in [0.2, 0.25) is 0 Å². The summed E-state index contributed by atoms with van der Waals surface area (Å²) in [6.45, 7) is 2.09. The molecule has 0 unspecified atom stereocenters. The van der Waals surface area contributed by atoms with Crippen molar-refractivity contribution in [1.29, 1.82) is 0 Å². The van der Waals surface area contributed by atoms with Gasteiger partial charge in [0.15, 0.2) is 0 Å². The smallest absolute Gasteiger partial charge is 0.237 e. The van der Waals surface area contributed by atoms with Crippen molar-refractivity contribution in [3.8, 4) is 0 Å². The Morgan fingerprint density at radius 3 is 2.89 bits per heavy atom. The predicted octanol–water partition coefficient (Wildman–Crippen LogP) is 1.58. The van der Waals surface area contributed by atoms with Crippen LogP contribution in [-0.2, 0) is 11.2 Å². The highest BCUT2D eigenvalue weighted by atomic mass is 16.2. The van der Waals surface area contributed by atoms with Crippen LogP contribution in [0.3, 0.4) is 0 Å². The zero-order valence-corrected chi connectivity index (χ0v) is 10.6. The maximum absolute atomic E-state index is 12.1. The van der Waals surface area contributed by atoms with Crippen LogP contribution in [0.25, 0.3) is 0 Å². The first-order valence-electron chi connectivity index (χ1n) is 6.91. The zero-order valence-electron chi connectivity index (χ0n) is 10.6. The normalized spacial score (nSPS) is 28.6. The summed E-state index contributed by atoms with van der Waals surface area (Å²) in [6.07, 6.45) is 4.40. The Morgan fingerprint density at radius 2 is 2.06 bits per heavy atom. The number of rotatable bonds is 2. The minimum Gasteiger partial charge on any atom is -0.350 e. The molecule has 1 aromatic carbocycles. The van der Waals surface area contributed by atoms with E-state index in [1.807, 2.05) is 6.07 Å². The van der Waals surface area contributed by atoms with Gasteiger partial charge in [0.25, 0.3) is 0 Å². The summed E-state index contributed by atoms with van der Waals surface area (Å²) < 4.78 is 0. The lowest BCUT2D eigenvalue weighted by Crippen LogP contribution is -2.61. The molecule has 1 N–H and O–H groups in total. The minimum absolute atomic E-state index is 0.144. The lowest BCUT2D eigenvalue weighted by molar-refractivity contribution is -0.132. The maximum Gasteiger partial charge on any atom is 0.237 e. The molecule has 96 valence electrons. The van der Waals surface area contributed by atoms with E-state index in [-0.39, 0.29) is 18.0 Å². The molecule has 2 saturated heterocycles. The second-order valence-electron chi connectivity index (χ2n) is 5.40. The van der Waals surface area contributed by atoms with E-state index >= 15 is 0 Å². The molecule has 18 heavy (non-hydrogen) atoms. The average Bonchev–Trinajstić information content (AvgIpc) is 2.40. The number of carbonyl (C=O) groups excluding carboxylic acids is 1. The summed E-state index contributed by atoms with van der Waals surface area (Å²) in [7, 11) is 0. The molecule has 1 aromatic rings. The molecule has 1 amide bonds. The number of nitrogens with zero attached hydrogens (tertiary/aromatic N) is 1. The molecule has 3 rings (SSSR count). The van der Waals surface area contributed by atoms with Crippen molar-refractivity contribution in [3.63, 3.8) is 0 Å². The Kier molecular flexibility index (Phi) is 3.33. The third-order valence-corrected chi connectivity index (χ3v) is 4.04. The van der Waals surface area contributed by atoms with E-state index in [1.54, 1.807) is 0 Å². The second kappa shape index (κ2) is 5.11. The molecule has 2 aliphatic heterocycles. The molecule has 0 spiro atoms. The van der Waals surface area contributed by atoms with E-state index in [0.717, 1.165) is 25.9 Å². The fraction of sp³-hybridized carbons (Fsp3) is 0.533. The van der Waals surface area contributed by atoms with Crippen LogP contribution >= 0.6 is 0 Å². The lowest BCUT2D eigenvalue weighted by Gasteiger charge is -2.42. The summed E-state index contributed by atoms with van der Waals surface area (Å²) in [4.78, 5) is 14.4. The van der Waals surface area contributed by atoms with Crippen LogP contribution in [0.4, 0.5) is 0 Å². The highest BCUT2D eigenvalue weighted by Gasteiger charge is 2.35. The van der Waals surface area contributed by atoms with Gasteiger partial charge in [-0.05, 0) is 31.4 Å². The number of piperazine rings is 1. The zero-order chi connectivity index (χ0) is 12.4. The van der Waals surface area contributed by atoms with Crippen LogP contribution in [0, 0.1) is 0 Å². The van der Waals surface area contributed by atoms with Crippen molar-refractivity contribution in [2.45, 2.75) is 37.8 Å². The third kappa shape index (κ3) is 2.41. The molecular formula is C15H20N2O. The molecule has 2 atom stereocenters. The molecule has 0 aliphatic carbocycles. The van der Waals surface area contributed by atoms with Crippen LogP contribution in [-0.4, -0.2) is 36.0 Å². The van der Waals surface area contributed by atoms with Gasteiger partial charge in [-0.1, -0.05) is 36.8 Å². The fourth-order valence-corrected chi connectivity index (χ4v) is 3.15. The van der Waals surface area contributed by atoms with Gasteiger partial charge in [0, 0.05) is 12.6 Å². The highest BCUT2D eigenvalue weighted by Crippen LogP contribution is 2.21. The van der Waals surface area contributed by atoms with E-state index in [4.69, 9.17) is 0 Å². The lowest BCUT2D eigenvalue weighted by atomic mass is 9.95. The van der Waals surface area contributed by atoms with Crippen LogP contribution in [0.15, 0.2) is 30.3 Å². The number of hydrogen-bond donors (Lipinski definition) is 1. The molecule has 0 saturated carbocycles. The Hall–Kier alpha value is -1.35. The number of nitrogens with one attached hydrogen (secondary N) is 1. The summed E-state index contributed by atoms with van der Waals surface area (Å²) in [5.41, 5.74) is 1.30. The van der Waals surface area contributed by atoms with E-state index in [1.165, 1.54) is 18.4 Å². The van der Waals surface area contributed by atoms with Crippen molar-refractivity contribution < 1.29 is 4.79 Å². The predicted molar refractivity (Wildman–Crippen MR) is 71.3 cm³/mol. The molecule has 2 aliphatic rings.